The van der Waals surface area contributed by atoms with Gasteiger partial charge in [-0.25, -0.2) is 4.79 Å². The molecule has 2 fully saturated rings. The van der Waals surface area contributed by atoms with Gasteiger partial charge in [0.1, 0.15) is 23.4 Å². The maximum absolute atomic E-state index is 12.9. The molecule has 0 aliphatic carbocycles. The first-order valence-electron chi connectivity index (χ1n) is 9.99. The first-order chi connectivity index (χ1) is 14.3. The van der Waals surface area contributed by atoms with Crippen molar-refractivity contribution in [3.05, 3.63) is 28.7 Å². The maximum atomic E-state index is 12.9. The molecule has 0 spiro atoms. The molecule has 1 aromatic carbocycles. The van der Waals surface area contributed by atoms with Crippen molar-refractivity contribution in [1.82, 2.24) is 19.4 Å². The normalized spacial score (nSPS) is 21.0. The van der Waals surface area contributed by atoms with Gasteiger partial charge in [-0.1, -0.05) is 6.07 Å². The molecule has 0 saturated carbocycles. The molecule has 2 aliphatic heterocycles. The van der Waals surface area contributed by atoms with Crippen LogP contribution in [0.2, 0.25) is 0 Å². The lowest BCUT2D eigenvalue weighted by Gasteiger charge is -2.31. The van der Waals surface area contributed by atoms with E-state index in [2.05, 4.69) is 5.32 Å². The van der Waals surface area contributed by atoms with Gasteiger partial charge in [0.15, 0.2) is 0 Å². The molecule has 4 rings (SSSR count). The van der Waals surface area contributed by atoms with Crippen LogP contribution in [0.4, 0.5) is 0 Å². The van der Waals surface area contributed by atoms with Gasteiger partial charge in [-0.3, -0.25) is 33.7 Å². The average Bonchev–Trinajstić information content (AvgIpc) is 2.95. The number of nitrogens with one attached hydrogen (secondary N) is 1. The fraction of sp³-hybridized carbons (Fsp3) is 0.500. The summed E-state index contributed by atoms with van der Waals surface area (Å²) in [6.07, 6.45) is 1.74. The van der Waals surface area contributed by atoms with Crippen molar-refractivity contribution in [1.29, 1.82) is 0 Å². The molecular formula is C20H24N4O6. The van der Waals surface area contributed by atoms with Gasteiger partial charge < -0.3 is 9.84 Å². The third-order valence-corrected chi connectivity index (χ3v) is 5.77. The van der Waals surface area contributed by atoms with E-state index >= 15 is 0 Å². The van der Waals surface area contributed by atoms with Gasteiger partial charge in [-0.15, -0.1) is 0 Å². The highest BCUT2D eigenvalue weighted by molar-refractivity contribution is 6.00. The second-order valence-electron chi connectivity index (χ2n) is 7.79. The van der Waals surface area contributed by atoms with Gasteiger partial charge in [-0.05, 0) is 31.4 Å². The Kier molecular flexibility index (Phi) is 5.33. The first kappa shape index (κ1) is 20.1. The van der Waals surface area contributed by atoms with E-state index in [1.807, 2.05) is 4.90 Å². The molecule has 2 amide bonds. The van der Waals surface area contributed by atoms with Crippen LogP contribution in [0.3, 0.4) is 0 Å². The monoisotopic (exact) mass is 416 g/mol. The van der Waals surface area contributed by atoms with E-state index in [1.54, 1.807) is 25.2 Å². The number of nitrogens with zero attached hydrogens (tertiary/aromatic N) is 3. The number of piperidine rings is 2. The Balaban J connectivity index is 1.61. The summed E-state index contributed by atoms with van der Waals surface area (Å²) >= 11 is 0. The van der Waals surface area contributed by atoms with Crippen molar-refractivity contribution < 1.29 is 24.2 Å². The Morgan fingerprint density at radius 3 is 2.60 bits per heavy atom. The fourth-order valence-electron chi connectivity index (χ4n) is 4.28. The topological polar surface area (TPSA) is 123 Å². The second-order valence-corrected chi connectivity index (χ2v) is 7.79. The van der Waals surface area contributed by atoms with Gasteiger partial charge in [0.25, 0.3) is 0 Å². The van der Waals surface area contributed by atoms with Crippen LogP contribution < -0.4 is 15.7 Å². The Morgan fingerprint density at radius 1 is 1.20 bits per heavy atom. The van der Waals surface area contributed by atoms with Crippen LogP contribution in [0.1, 0.15) is 31.7 Å². The molecule has 0 radical (unpaired) electrons. The smallest absolute Gasteiger partial charge is 0.329 e. The van der Waals surface area contributed by atoms with E-state index < -0.39 is 17.9 Å². The summed E-state index contributed by atoms with van der Waals surface area (Å²) in [5, 5.41) is 11.2. The summed E-state index contributed by atoms with van der Waals surface area (Å²) < 4.78 is 9.10. The van der Waals surface area contributed by atoms with Crippen LogP contribution in [0.5, 0.6) is 5.75 Å². The number of rotatable bonds is 5. The summed E-state index contributed by atoms with van der Waals surface area (Å²) in [5.41, 5.74) is 0.838. The third-order valence-electron chi connectivity index (χ3n) is 5.77. The summed E-state index contributed by atoms with van der Waals surface area (Å²) in [6.45, 7) is 1.28. The zero-order valence-electron chi connectivity index (χ0n) is 16.7. The quantitative estimate of drug-likeness (QED) is 0.670. The number of carboxylic acid groups (broad SMARTS) is 1. The molecule has 2 aromatic rings. The molecule has 2 aliphatic rings. The average molecular weight is 416 g/mol. The molecule has 1 atom stereocenters. The number of carbonyl (C=O) groups is 3. The highest BCUT2D eigenvalue weighted by atomic mass is 16.5. The number of hydrogen-bond acceptors (Lipinski definition) is 6. The number of aryl methyl sites for hydroxylation is 1. The van der Waals surface area contributed by atoms with Crippen molar-refractivity contribution in [3.63, 3.8) is 0 Å². The van der Waals surface area contributed by atoms with Gasteiger partial charge in [0.2, 0.25) is 11.8 Å². The second kappa shape index (κ2) is 7.94. The summed E-state index contributed by atoms with van der Waals surface area (Å²) in [5.74, 6) is -1.10. The maximum Gasteiger partial charge on any atom is 0.329 e. The minimum Gasteiger partial charge on any atom is -0.488 e. The van der Waals surface area contributed by atoms with E-state index in [0.29, 0.717) is 42.7 Å². The van der Waals surface area contributed by atoms with E-state index in [1.165, 1.54) is 9.13 Å². The minimum atomic E-state index is -0.844. The van der Waals surface area contributed by atoms with Crippen LogP contribution in [-0.2, 0) is 21.4 Å². The number of carbonyl (C=O) groups excluding carboxylic acids is 2. The Bertz CT molecular complexity index is 1060. The highest BCUT2D eigenvalue weighted by Crippen LogP contribution is 2.30. The summed E-state index contributed by atoms with van der Waals surface area (Å²) in [7, 11) is 1.63. The van der Waals surface area contributed by atoms with Crippen LogP contribution in [0.25, 0.3) is 11.0 Å². The lowest BCUT2D eigenvalue weighted by molar-refractivity contribution is -0.139. The molecule has 3 heterocycles. The number of ether oxygens (including phenoxy) is 1. The number of amides is 2. The number of carboxylic acids is 1. The molecule has 2 N–H and O–H groups in total. The number of likely N-dealkylation sites (tertiary alicyclic amines) is 1. The van der Waals surface area contributed by atoms with E-state index in [9.17, 15) is 19.2 Å². The largest absolute Gasteiger partial charge is 0.488 e. The van der Waals surface area contributed by atoms with Crippen molar-refractivity contribution in [3.8, 4) is 5.75 Å². The fourth-order valence-corrected chi connectivity index (χ4v) is 4.28. The van der Waals surface area contributed by atoms with Gasteiger partial charge in [-0.2, -0.15) is 0 Å². The Labute approximate surface area is 172 Å². The zero-order valence-corrected chi connectivity index (χ0v) is 16.7. The number of aliphatic carboxylic acids is 1. The van der Waals surface area contributed by atoms with Crippen molar-refractivity contribution in [2.24, 2.45) is 7.05 Å². The van der Waals surface area contributed by atoms with Crippen molar-refractivity contribution in [2.75, 3.05) is 19.6 Å². The van der Waals surface area contributed by atoms with Crippen LogP contribution >= 0.6 is 0 Å². The predicted octanol–water partition coefficient (Wildman–Crippen LogP) is 0.246. The number of fused-ring (bicyclic) bond motifs is 1. The molecule has 10 nitrogen and oxygen atoms in total. The SMILES string of the molecule is Cn1c(=O)n(C2CCC(=O)NC2=O)c2cccc(OC3CCN(CC(=O)O)CC3)c21. The number of hydrogen-bond donors (Lipinski definition) is 2. The Morgan fingerprint density at radius 2 is 1.93 bits per heavy atom. The van der Waals surface area contributed by atoms with Crippen LogP contribution in [0.15, 0.2) is 23.0 Å². The summed E-state index contributed by atoms with van der Waals surface area (Å²) in [6, 6.07) is 4.59. The van der Waals surface area contributed by atoms with Gasteiger partial charge in [0.05, 0.1) is 12.1 Å². The number of benzene rings is 1. The molecule has 1 aromatic heterocycles. The number of aromatic nitrogens is 2. The van der Waals surface area contributed by atoms with E-state index in [0.717, 1.165) is 0 Å². The van der Waals surface area contributed by atoms with Crippen molar-refractivity contribution in [2.45, 2.75) is 37.8 Å². The standard InChI is InChI=1S/C20H24N4O6/c1-22-18-13(24(20(22)29)14-5-6-16(25)21-19(14)28)3-2-4-15(18)30-12-7-9-23(10-8-12)11-17(26)27/h2-4,12,14H,5-11H2,1H3,(H,26,27)(H,21,25,28). The third kappa shape index (κ3) is 3.70. The zero-order chi connectivity index (χ0) is 21.4. The molecule has 0 bridgehead atoms. The van der Waals surface area contributed by atoms with Crippen molar-refractivity contribution >= 4 is 28.8 Å². The molecule has 30 heavy (non-hydrogen) atoms. The summed E-state index contributed by atoms with van der Waals surface area (Å²) in [4.78, 5) is 49.5. The number of para-hydroxylation sites is 1. The van der Waals surface area contributed by atoms with Gasteiger partial charge in [0, 0.05) is 26.6 Å². The van der Waals surface area contributed by atoms with E-state index in [4.69, 9.17) is 9.84 Å². The predicted molar refractivity (Wildman–Crippen MR) is 106 cm³/mol. The Hall–Kier alpha value is -3.14. The lowest BCUT2D eigenvalue weighted by Crippen LogP contribution is -2.44. The molecule has 2 saturated heterocycles. The van der Waals surface area contributed by atoms with Crippen LogP contribution in [0, 0.1) is 0 Å². The van der Waals surface area contributed by atoms with E-state index in [-0.39, 0.29) is 37.1 Å². The lowest BCUT2D eigenvalue weighted by atomic mass is 10.1. The first-order valence-corrected chi connectivity index (χ1v) is 9.99. The molecule has 1 unspecified atom stereocenters. The molecule has 160 valence electrons. The van der Waals surface area contributed by atoms with Gasteiger partial charge >= 0.3 is 11.7 Å². The highest BCUT2D eigenvalue weighted by Gasteiger charge is 2.32. The van der Waals surface area contributed by atoms with Crippen LogP contribution in [-0.4, -0.2) is 62.7 Å². The number of imidazole rings is 1. The minimum absolute atomic E-state index is 0.0195. The molecule has 10 heteroatoms. The number of imide groups is 1. The molecular weight excluding hydrogens is 392 g/mol.